The fraction of sp³-hybridized carbons (Fsp3) is 0.538. The molecule has 0 spiro atoms. The van der Waals surface area contributed by atoms with Gasteiger partial charge in [0.2, 0.25) is 10.0 Å². The van der Waals surface area contributed by atoms with Crippen molar-refractivity contribution in [3.8, 4) is 5.75 Å². The lowest BCUT2D eigenvalue weighted by atomic mass is 9.95. The highest BCUT2D eigenvalue weighted by Gasteiger charge is 2.26. The molecule has 3 N–H and O–H groups in total. The molecule has 120 valence electrons. The van der Waals surface area contributed by atoms with Crippen LogP contribution in [0.1, 0.15) is 26.7 Å². The van der Waals surface area contributed by atoms with Gasteiger partial charge in [0, 0.05) is 12.1 Å². The number of benzene rings is 1. The van der Waals surface area contributed by atoms with E-state index in [1.165, 1.54) is 13.2 Å². The molecular weight excluding hydrogens is 363 g/mol. The quantitative estimate of drug-likeness (QED) is 0.758. The van der Waals surface area contributed by atoms with Crippen molar-refractivity contribution in [3.63, 3.8) is 0 Å². The van der Waals surface area contributed by atoms with Crippen molar-refractivity contribution < 1.29 is 17.5 Å². The number of ether oxygens (including phenoxy) is 1. The van der Waals surface area contributed by atoms with Gasteiger partial charge in [0.15, 0.2) is 0 Å². The second kappa shape index (κ2) is 7.04. The smallest absolute Gasteiger partial charge is 0.244 e. The molecule has 8 heteroatoms. The average molecular weight is 383 g/mol. The van der Waals surface area contributed by atoms with Crippen LogP contribution in [0.4, 0.5) is 4.39 Å². The molecule has 0 heterocycles. The molecule has 1 rings (SSSR count). The highest BCUT2D eigenvalue weighted by atomic mass is 79.9. The van der Waals surface area contributed by atoms with Gasteiger partial charge in [-0.05, 0) is 40.9 Å². The molecule has 0 amide bonds. The maximum absolute atomic E-state index is 13.6. The summed E-state index contributed by atoms with van der Waals surface area (Å²) in [7, 11) is -2.59. The van der Waals surface area contributed by atoms with Gasteiger partial charge in [-0.3, -0.25) is 0 Å². The summed E-state index contributed by atoms with van der Waals surface area (Å²) >= 11 is 2.99. The van der Waals surface area contributed by atoms with Crippen molar-refractivity contribution >= 4 is 26.0 Å². The van der Waals surface area contributed by atoms with Crippen molar-refractivity contribution in [2.45, 2.75) is 37.1 Å². The van der Waals surface area contributed by atoms with E-state index in [0.717, 1.165) is 6.07 Å². The highest BCUT2D eigenvalue weighted by Crippen LogP contribution is 2.30. The molecule has 1 aromatic carbocycles. The minimum atomic E-state index is -3.91. The van der Waals surface area contributed by atoms with Crippen LogP contribution in [0.25, 0.3) is 0 Å². The molecule has 0 bridgehead atoms. The first-order chi connectivity index (χ1) is 9.69. The summed E-state index contributed by atoms with van der Waals surface area (Å²) in [6.45, 7) is 3.85. The van der Waals surface area contributed by atoms with Gasteiger partial charge in [0.25, 0.3) is 0 Å². The Morgan fingerprint density at radius 3 is 2.43 bits per heavy atom. The number of rotatable bonds is 7. The number of hydrogen-bond donors (Lipinski definition) is 2. The number of nitrogens with one attached hydrogen (secondary N) is 1. The van der Waals surface area contributed by atoms with Gasteiger partial charge in [-0.25, -0.2) is 17.5 Å². The summed E-state index contributed by atoms with van der Waals surface area (Å²) in [6.07, 6.45) is 1.25. The first-order valence-corrected chi connectivity index (χ1v) is 8.78. The van der Waals surface area contributed by atoms with Crippen LogP contribution in [0, 0.1) is 5.82 Å². The van der Waals surface area contributed by atoms with Crippen LogP contribution in [0.2, 0.25) is 0 Å². The molecule has 0 atom stereocenters. The lowest BCUT2D eigenvalue weighted by Gasteiger charge is -2.26. The molecule has 0 aliphatic heterocycles. The van der Waals surface area contributed by atoms with Gasteiger partial charge in [0.1, 0.15) is 16.5 Å². The maximum atomic E-state index is 13.6. The Hall–Kier alpha value is -0.700. The Morgan fingerprint density at radius 2 is 1.95 bits per heavy atom. The molecule has 0 aliphatic rings. The second-order valence-corrected chi connectivity index (χ2v) is 7.40. The molecule has 1 aromatic rings. The summed E-state index contributed by atoms with van der Waals surface area (Å²) < 4.78 is 45.8. The summed E-state index contributed by atoms with van der Waals surface area (Å²) in [5.41, 5.74) is 5.44. The molecule has 21 heavy (non-hydrogen) atoms. The number of sulfonamides is 1. The summed E-state index contributed by atoms with van der Waals surface area (Å²) in [4.78, 5) is -0.250. The predicted octanol–water partition coefficient (Wildman–Crippen LogP) is 2.39. The minimum absolute atomic E-state index is 0.0615. The summed E-state index contributed by atoms with van der Waals surface area (Å²) in [5, 5.41) is 0. The Bertz CT molecular complexity index is 604. The first kappa shape index (κ1) is 18.3. The third kappa shape index (κ3) is 4.38. The number of halogens is 2. The normalized spacial score (nSPS) is 12.5. The van der Waals surface area contributed by atoms with Crippen LogP contribution in [0.15, 0.2) is 21.5 Å². The molecule has 0 fully saturated rings. The lowest BCUT2D eigenvalue weighted by molar-refractivity contribution is 0.387. The molecule has 0 radical (unpaired) electrons. The van der Waals surface area contributed by atoms with Crippen LogP contribution < -0.4 is 15.2 Å². The number of methoxy groups -OCH3 is 1. The largest absolute Gasteiger partial charge is 0.495 e. The Kier molecular flexibility index (Phi) is 6.15. The first-order valence-electron chi connectivity index (χ1n) is 6.50. The van der Waals surface area contributed by atoms with Gasteiger partial charge in [0.05, 0.1) is 11.6 Å². The van der Waals surface area contributed by atoms with Crippen LogP contribution in [0.3, 0.4) is 0 Å². The lowest BCUT2D eigenvalue weighted by Crippen LogP contribution is -2.49. The van der Waals surface area contributed by atoms with E-state index >= 15 is 0 Å². The SMILES string of the molecule is CCC(N)(CC)CNS(=O)(=O)c1cc(F)c(Br)cc1OC. The third-order valence-electron chi connectivity index (χ3n) is 3.52. The predicted molar refractivity (Wildman–Crippen MR) is 83.3 cm³/mol. The van der Waals surface area contributed by atoms with E-state index in [0.29, 0.717) is 12.8 Å². The molecule has 0 saturated heterocycles. The van der Waals surface area contributed by atoms with E-state index in [4.69, 9.17) is 10.5 Å². The van der Waals surface area contributed by atoms with Crippen LogP contribution in [-0.2, 0) is 10.0 Å². The molecule has 0 unspecified atom stereocenters. The Morgan fingerprint density at radius 1 is 1.38 bits per heavy atom. The minimum Gasteiger partial charge on any atom is -0.495 e. The van der Waals surface area contributed by atoms with Crippen molar-refractivity contribution in [1.29, 1.82) is 0 Å². The van der Waals surface area contributed by atoms with Crippen molar-refractivity contribution in [2.24, 2.45) is 5.73 Å². The van der Waals surface area contributed by atoms with Gasteiger partial charge < -0.3 is 10.5 Å². The molecule has 5 nitrogen and oxygen atoms in total. The average Bonchev–Trinajstić information content (AvgIpc) is 2.47. The third-order valence-corrected chi connectivity index (χ3v) is 5.55. The zero-order chi connectivity index (χ0) is 16.3. The van der Waals surface area contributed by atoms with E-state index in [1.54, 1.807) is 0 Å². The highest BCUT2D eigenvalue weighted by molar-refractivity contribution is 9.10. The Balaban J connectivity index is 3.11. The molecule has 0 aromatic heterocycles. The van der Waals surface area contributed by atoms with Gasteiger partial charge in [-0.2, -0.15) is 0 Å². The van der Waals surface area contributed by atoms with E-state index in [9.17, 15) is 12.8 Å². The van der Waals surface area contributed by atoms with Gasteiger partial charge in [-0.15, -0.1) is 0 Å². The maximum Gasteiger partial charge on any atom is 0.244 e. The van der Waals surface area contributed by atoms with E-state index < -0.39 is 21.4 Å². The zero-order valence-corrected chi connectivity index (χ0v) is 14.6. The van der Waals surface area contributed by atoms with Crippen molar-refractivity contribution in [1.82, 2.24) is 4.72 Å². The molecular formula is C13H20BrFN2O3S. The summed E-state index contributed by atoms with van der Waals surface area (Å²) in [5.74, 6) is -0.618. The van der Waals surface area contributed by atoms with Gasteiger partial charge >= 0.3 is 0 Å². The molecule has 0 aliphatic carbocycles. The van der Waals surface area contributed by atoms with Crippen LogP contribution >= 0.6 is 15.9 Å². The number of hydrogen-bond acceptors (Lipinski definition) is 4. The van der Waals surface area contributed by atoms with E-state index in [-0.39, 0.29) is 21.7 Å². The zero-order valence-electron chi connectivity index (χ0n) is 12.2. The number of nitrogens with two attached hydrogens (primary N) is 1. The van der Waals surface area contributed by atoms with E-state index in [1.807, 2.05) is 13.8 Å². The standard InChI is InChI=1S/C13H20BrFN2O3S/c1-4-13(16,5-2)8-17-21(18,19)12-7-10(15)9(14)6-11(12)20-3/h6-7,17H,4-5,8,16H2,1-3H3. The summed E-state index contributed by atoms with van der Waals surface area (Å²) in [6, 6.07) is 2.20. The topological polar surface area (TPSA) is 81.4 Å². The monoisotopic (exact) mass is 382 g/mol. The van der Waals surface area contributed by atoms with E-state index in [2.05, 4.69) is 20.7 Å². The van der Waals surface area contributed by atoms with Crippen LogP contribution in [-0.4, -0.2) is 27.6 Å². The molecule has 0 saturated carbocycles. The fourth-order valence-electron chi connectivity index (χ4n) is 1.70. The second-order valence-electron chi connectivity index (χ2n) is 4.81. The fourth-order valence-corrected chi connectivity index (χ4v) is 3.32. The Labute approximate surface area is 133 Å². The van der Waals surface area contributed by atoms with Crippen molar-refractivity contribution in [3.05, 3.63) is 22.4 Å². The van der Waals surface area contributed by atoms with Gasteiger partial charge in [-0.1, -0.05) is 13.8 Å². The van der Waals surface area contributed by atoms with Crippen molar-refractivity contribution in [2.75, 3.05) is 13.7 Å². The van der Waals surface area contributed by atoms with Crippen LogP contribution in [0.5, 0.6) is 5.75 Å².